The highest BCUT2D eigenvalue weighted by Crippen LogP contribution is 2.23. The summed E-state index contributed by atoms with van der Waals surface area (Å²) in [5, 5.41) is 8.23. The second-order valence-corrected chi connectivity index (χ2v) is 7.38. The molecule has 0 aliphatic rings. The maximum atomic E-state index is 12.8. The van der Waals surface area contributed by atoms with E-state index in [9.17, 15) is 14.4 Å². The van der Waals surface area contributed by atoms with Gasteiger partial charge in [-0.25, -0.2) is 0 Å². The number of hydrogen-bond acceptors (Lipinski definition) is 6. The van der Waals surface area contributed by atoms with Crippen LogP contribution >= 0.6 is 0 Å². The van der Waals surface area contributed by atoms with Gasteiger partial charge >= 0.3 is 0 Å². The number of nitrogens with one attached hydrogen (secondary N) is 3. The Bertz CT molecular complexity index is 1170. The highest BCUT2D eigenvalue weighted by Gasteiger charge is 2.14. The molecule has 0 atom stereocenters. The number of carbonyl (C=O) groups excluding carboxylic acids is 3. The van der Waals surface area contributed by atoms with Crippen LogP contribution in [0.5, 0.6) is 17.2 Å². The van der Waals surface area contributed by atoms with Crippen molar-refractivity contribution in [2.24, 2.45) is 0 Å². The smallest absolute Gasteiger partial charge is 0.257 e. The summed E-state index contributed by atoms with van der Waals surface area (Å²) < 4.78 is 15.5. The van der Waals surface area contributed by atoms with E-state index in [0.717, 1.165) is 0 Å². The minimum atomic E-state index is -0.369. The summed E-state index contributed by atoms with van der Waals surface area (Å²) in [4.78, 5) is 37.7. The third kappa shape index (κ3) is 6.97. The first-order valence-electron chi connectivity index (χ1n) is 10.8. The molecular formula is C26H27N3O6. The molecule has 0 heterocycles. The van der Waals surface area contributed by atoms with Crippen LogP contribution in [0.4, 0.5) is 11.4 Å². The summed E-state index contributed by atoms with van der Waals surface area (Å²) in [6, 6.07) is 18.4. The van der Waals surface area contributed by atoms with Gasteiger partial charge in [-0.2, -0.15) is 0 Å². The Morgan fingerprint density at radius 2 is 1.34 bits per heavy atom. The van der Waals surface area contributed by atoms with Crippen LogP contribution in [0, 0.1) is 0 Å². The third-order valence-electron chi connectivity index (χ3n) is 5.04. The van der Waals surface area contributed by atoms with Crippen molar-refractivity contribution in [2.75, 3.05) is 38.5 Å². The summed E-state index contributed by atoms with van der Waals surface area (Å²) >= 11 is 0. The van der Waals surface area contributed by atoms with Crippen LogP contribution in [-0.4, -0.2) is 45.6 Å². The van der Waals surface area contributed by atoms with Gasteiger partial charge < -0.3 is 30.2 Å². The van der Waals surface area contributed by atoms with Gasteiger partial charge in [0.25, 0.3) is 11.8 Å². The minimum Gasteiger partial charge on any atom is -0.497 e. The predicted molar refractivity (Wildman–Crippen MR) is 133 cm³/mol. The molecule has 0 aliphatic heterocycles. The van der Waals surface area contributed by atoms with E-state index in [0.29, 0.717) is 39.8 Å². The molecular weight excluding hydrogens is 450 g/mol. The lowest BCUT2D eigenvalue weighted by atomic mass is 10.1. The van der Waals surface area contributed by atoms with Crippen molar-refractivity contribution >= 4 is 29.1 Å². The van der Waals surface area contributed by atoms with E-state index in [1.807, 2.05) is 0 Å². The fraction of sp³-hybridized carbons (Fsp3) is 0.192. The maximum Gasteiger partial charge on any atom is 0.257 e. The van der Waals surface area contributed by atoms with Crippen LogP contribution in [0.1, 0.15) is 27.1 Å². The van der Waals surface area contributed by atoms with Gasteiger partial charge in [0.1, 0.15) is 17.2 Å². The zero-order chi connectivity index (χ0) is 25.2. The van der Waals surface area contributed by atoms with Gasteiger partial charge in [0.05, 0.1) is 32.6 Å². The molecule has 3 rings (SSSR count). The summed E-state index contributed by atoms with van der Waals surface area (Å²) in [6.07, 6.45) is 0.0152. The van der Waals surface area contributed by atoms with Crippen LogP contribution in [0.15, 0.2) is 66.7 Å². The number of methoxy groups -OCH3 is 3. The van der Waals surface area contributed by atoms with Crippen molar-refractivity contribution in [3.8, 4) is 17.2 Å². The Hall–Kier alpha value is -4.53. The monoisotopic (exact) mass is 477 g/mol. The Labute approximate surface area is 203 Å². The molecule has 3 amide bonds. The Morgan fingerprint density at radius 3 is 1.97 bits per heavy atom. The molecule has 9 nitrogen and oxygen atoms in total. The average molecular weight is 478 g/mol. The number of amides is 3. The fourth-order valence-corrected chi connectivity index (χ4v) is 3.21. The predicted octanol–water partition coefficient (Wildman–Crippen LogP) is 3.72. The van der Waals surface area contributed by atoms with E-state index in [2.05, 4.69) is 16.0 Å². The van der Waals surface area contributed by atoms with Gasteiger partial charge in [0, 0.05) is 30.3 Å². The van der Waals surface area contributed by atoms with Gasteiger partial charge in [-0.3, -0.25) is 14.4 Å². The molecule has 3 aromatic carbocycles. The molecule has 0 spiro atoms. The van der Waals surface area contributed by atoms with Gasteiger partial charge in [0.2, 0.25) is 5.91 Å². The zero-order valence-corrected chi connectivity index (χ0v) is 19.7. The molecule has 0 saturated heterocycles. The largest absolute Gasteiger partial charge is 0.497 e. The quantitative estimate of drug-likeness (QED) is 0.410. The van der Waals surface area contributed by atoms with E-state index in [-0.39, 0.29) is 30.7 Å². The summed E-state index contributed by atoms with van der Waals surface area (Å²) in [7, 11) is 4.56. The number of para-hydroxylation sites is 1. The lowest BCUT2D eigenvalue weighted by molar-refractivity contribution is -0.116. The average Bonchev–Trinajstić information content (AvgIpc) is 2.88. The Balaban J connectivity index is 1.56. The second kappa shape index (κ2) is 12.1. The van der Waals surface area contributed by atoms with Crippen molar-refractivity contribution < 1.29 is 28.6 Å². The SMILES string of the molecule is COc1ccc(NC(=O)c2ccccc2NC(=O)CCNC(=O)c2cc(OC)cc(OC)c2)cc1. The van der Waals surface area contributed by atoms with Gasteiger partial charge in [-0.15, -0.1) is 0 Å². The van der Waals surface area contributed by atoms with Crippen LogP contribution in [0.3, 0.4) is 0 Å². The second-order valence-electron chi connectivity index (χ2n) is 7.38. The van der Waals surface area contributed by atoms with Crippen molar-refractivity contribution in [3.63, 3.8) is 0 Å². The molecule has 0 radical (unpaired) electrons. The van der Waals surface area contributed by atoms with Crippen LogP contribution in [0.2, 0.25) is 0 Å². The number of carbonyl (C=O) groups is 3. The molecule has 0 aromatic heterocycles. The molecule has 35 heavy (non-hydrogen) atoms. The van der Waals surface area contributed by atoms with E-state index in [1.54, 1.807) is 73.8 Å². The van der Waals surface area contributed by atoms with Crippen LogP contribution in [-0.2, 0) is 4.79 Å². The molecule has 0 saturated carbocycles. The van der Waals surface area contributed by atoms with Gasteiger partial charge in [0.15, 0.2) is 0 Å². The van der Waals surface area contributed by atoms with E-state index < -0.39 is 0 Å². The molecule has 3 aromatic rings. The zero-order valence-electron chi connectivity index (χ0n) is 19.7. The van der Waals surface area contributed by atoms with Crippen molar-refractivity contribution in [1.82, 2.24) is 5.32 Å². The van der Waals surface area contributed by atoms with Crippen molar-refractivity contribution in [3.05, 3.63) is 77.9 Å². The fourth-order valence-electron chi connectivity index (χ4n) is 3.21. The lowest BCUT2D eigenvalue weighted by Gasteiger charge is -2.12. The lowest BCUT2D eigenvalue weighted by Crippen LogP contribution is -2.28. The number of rotatable bonds is 10. The number of benzene rings is 3. The first kappa shape index (κ1) is 25.1. The molecule has 0 unspecified atom stereocenters. The summed E-state index contributed by atoms with van der Waals surface area (Å²) in [5.74, 6) is 0.556. The third-order valence-corrected chi connectivity index (χ3v) is 5.04. The standard InChI is InChI=1S/C26H27N3O6/c1-33-19-10-8-18(9-11-19)28-26(32)22-6-4-5-7-23(22)29-24(30)12-13-27-25(31)17-14-20(34-2)16-21(15-17)35-3/h4-11,14-16H,12-13H2,1-3H3,(H,27,31)(H,28,32)(H,29,30). The summed E-state index contributed by atoms with van der Waals surface area (Å²) in [5.41, 5.74) is 1.62. The highest BCUT2D eigenvalue weighted by molar-refractivity contribution is 6.10. The van der Waals surface area contributed by atoms with Crippen LogP contribution in [0.25, 0.3) is 0 Å². The topological polar surface area (TPSA) is 115 Å². The number of hydrogen-bond donors (Lipinski definition) is 3. The molecule has 0 aliphatic carbocycles. The van der Waals surface area contributed by atoms with E-state index in [4.69, 9.17) is 14.2 Å². The Morgan fingerprint density at radius 1 is 0.714 bits per heavy atom. The molecule has 182 valence electrons. The van der Waals surface area contributed by atoms with Gasteiger partial charge in [-0.1, -0.05) is 12.1 Å². The maximum absolute atomic E-state index is 12.8. The molecule has 0 bridgehead atoms. The highest BCUT2D eigenvalue weighted by atomic mass is 16.5. The molecule has 3 N–H and O–H groups in total. The first-order chi connectivity index (χ1) is 16.9. The van der Waals surface area contributed by atoms with Gasteiger partial charge in [-0.05, 0) is 48.5 Å². The van der Waals surface area contributed by atoms with Crippen molar-refractivity contribution in [1.29, 1.82) is 0 Å². The molecule has 0 fully saturated rings. The number of ether oxygens (including phenoxy) is 3. The van der Waals surface area contributed by atoms with E-state index in [1.165, 1.54) is 14.2 Å². The van der Waals surface area contributed by atoms with Crippen molar-refractivity contribution in [2.45, 2.75) is 6.42 Å². The Kier molecular flexibility index (Phi) is 8.66. The van der Waals surface area contributed by atoms with E-state index >= 15 is 0 Å². The summed E-state index contributed by atoms with van der Waals surface area (Å²) in [6.45, 7) is 0.102. The van der Waals surface area contributed by atoms with Crippen LogP contribution < -0.4 is 30.2 Å². The number of anilines is 2. The normalized spacial score (nSPS) is 10.1. The molecule has 9 heteroatoms. The first-order valence-corrected chi connectivity index (χ1v) is 10.8. The minimum absolute atomic E-state index is 0.0152.